The highest BCUT2D eigenvalue weighted by Crippen LogP contribution is 2.24. The summed E-state index contributed by atoms with van der Waals surface area (Å²) >= 11 is 0. The van der Waals surface area contributed by atoms with Crippen LogP contribution in [0.15, 0.2) is 125 Å². The number of amidine groups is 1. The summed E-state index contributed by atoms with van der Waals surface area (Å²) in [5, 5.41) is 22.5. The predicted octanol–water partition coefficient (Wildman–Crippen LogP) is 6.34. The number of para-hydroxylation sites is 2. The highest BCUT2D eigenvalue weighted by molar-refractivity contribution is 5.99. The first-order chi connectivity index (χ1) is 17.7. The number of carboxylic acids is 1. The Morgan fingerprint density at radius 2 is 1.47 bits per heavy atom. The Morgan fingerprint density at radius 1 is 0.806 bits per heavy atom. The molecule has 0 spiro atoms. The van der Waals surface area contributed by atoms with E-state index < -0.39 is 5.97 Å². The molecule has 0 bridgehead atoms. The minimum atomic E-state index is -0.984. The van der Waals surface area contributed by atoms with Gasteiger partial charge >= 0.3 is 5.97 Å². The standard InChI is InChI=1S/C28H22N6O2/c35-27(36)22-15-17-23(18-16-22)30-31-26(21-11-5-2-6-12-21)32-33-28-29-24-13-7-8-14-25(24)34(28)19-20-9-3-1-4-10-20/h1-18,30H,19H2,(H,35,36)/b31-26+,33-32?. The third kappa shape index (κ3) is 5.18. The molecule has 0 unspecified atom stereocenters. The molecular weight excluding hydrogens is 452 g/mol. The summed E-state index contributed by atoms with van der Waals surface area (Å²) in [6.07, 6.45) is 0. The largest absolute Gasteiger partial charge is 0.478 e. The van der Waals surface area contributed by atoms with Crippen LogP contribution in [0.5, 0.6) is 0 Å². The molecule has 0 amide bonds. The van der Waals surface area contributed by atoms with Crippen LogP contribution in [-0.2, 0) is 6.54 Å². The van der Waals surface area contributed by atoms with Crippen molar-refractivity contribution in [2.24, 2.45) is 15.3 Å². The number of carboxylic acid groups (broad SMARTS) is 1. The van der Waals surface area contributed by atoms with Crippen LogP contribution in [0.25, 0.3) is 11.0 Å². The number of fused-ring (bicyclic) bond motifs is 1. The maximum Gasteiger partial charge on any atom is 0.335 e. The van der Waals surface area contributed by atoms with E-state index in [2.05, 4.69) is 32.9 Å². The van der Waals surface area contributed by atoms with Crippen molar-refractivity contribution in [3.8, 4) is 0 Å². The Kier molecular flexibility index (Phi) is 6.57. The molecule has 5 aromatic rings. The number of azo groups is 1. The molecule has 176 valence electrons. The molecule has 2 N–H and O–H groups in total. The van der Waals surface area contributed by atoms with E-state index in [-0.39, 0.29) is 5.56 Å². The molecule has 8 heteroatoms. The Balaban J connectivity index is 1.49. The number of aromatic nitrogens is 2. The summed E-state index contributed by atoms with van der Waals surface area (Å²) in [6.45, 7) is 0.599. The highest BCUT2D eigenvalue weighted by Gasteiger charge is 2.12. The van der Waals surface area contributed by atoms with Gasteiger partial charge in [-0.1, -0.05) is 72.8 Å². The number of anilines is 1. The topological polar surface area (TPSA) is 104 Å². The van der Waals surface area contributed by atoms with Crippen LogP contribution >= 0.6 is 0 Å². The maximum atomic E-state index is 11.1. The van der Waals surface area contributed by atoms with Crippen LogP contribution in [0.4, 0.5) is 11.6 Å². The van der Waals surface area contributed by atoms with Gasteiger partial charge in [-0.2, -0.15) is 5.10 Å². The van der Waals surface area contributed by atoms with Gasteiger partial charge in [0.05, 0.1) is 28.8 Å². The van der Waals surface area contributed by atoms with E-state index in [1.54, 1.807) is 12.1 Å². The molecule has 0 radical (unpaired) electrons. The van der Waals surface area contributed by atoms with Crippen molar-refractivity contribution in [1.29, 1.82) is 0 Å². The molecule has 36 heavy (non-hydrogen) atoms. The van der Waals surface area contributed by atoms with Crippen LogP contribution in [0, 0.1) is 0 Å². The monoisotopic (exact) mass is 474 g/mol. The summed E-state index contributed by atoms with van der Waals surface area (Å²) in [4.78, 5) is 15.8. The fourth-order valence-electron chi connectivity index (χ4n) is 3.69. The van der Waals surface area contributed by atoms with Crippen LogP contribution < -0.4 is 5.43 Å². The van der Waals surface area contributed by atoms with E-state index in [1.165, 1.54) is 12.1 Å². The zero-order valence-electron chi connectivity index (χ0n) is 19.2. The number of aromatic carboxylic acids is 1. The lowest BCUT2D eigenvalue weighted by Gasteiger charge is -2.07. The summed E-state index contributed by atoms with van der Waals surface area (Å²) in [6, 6.07) is 33.8. The van der Waals surface area contributed by atoms with E-state index in [4.69, 9.17) is 10.1 Å². The van der Waals surface area contributed by atoms with Crippen molar-refractivity contribution in [3.05, 3.63) is 126 Å². The fraction of sp³-hybridized carbons (Fsp3) is 0.0357. The zero-order valence-corrected chi connectivity index (χ0v) is 19.2. The van der Waals surface area contributed by atoms with Gasteiger partial charge in [0.1, 0.15) is 0 Å². The van der Waals surface area contributed by atoms with Gasteiger partial charge in [0.2, 0.25) is 5.84 Å². The Bertz CT molecular complexity index is 1540. The maximum absolute atomic E-state index is 11.1. The average Bonchev–Trinajstić information content (AvgIpc) is 3.27. The number of imidazole rings is 1. The number of benzene rings is 4. The lowest BCUT2D eigenvalue weighted by molar-refractivity contribution is 0.0697. The van der Waals surface area contributed by atoms with Gasteiger partial charge in [-0.3, -0.25) is 5.43 Å². The van der Waals surface area contributed by atoms with Gasteiger partial charge in [0.25, 0.3) is 5.95 Å². The Morgan fingerprint density at radius 3 is 2.19 bits per heavy atom. The third-order valence-corrected chi connectivity index (χ3v) is 5.51. The van der Waals surface area contributed by atoms with E-state index in [0.29, 0.717) is 24.0 Å². The SMILES string of the molecule is O=C(O)c1ccc(N/N=C(/N=Nc2nc3ccccc3n2Cc2ccccc2)c2ccccc2)cc1. The summed E-state index contributed by atoms with van der Waals surface area (Å²) < 4.78 is 2.02. The number of carbonyl (C=O) groups is 1. The van der Waals surface area contributed by atoms with E-state index in [0.717, 1.165) is 22.2 Å². The van der Waals surface area contributed by atoms with Gasteiger partial charge in [0, 0.05) is 5.56 Å². The number of hydrogen-bond acceptors (Lipinski definition) is 5. The molecule has 0 saturated carbocycles. The number of hydrogen-bond donors (Lipinski definition) is 2. The third-order valence-electron chi connectivity index (χ3n) is 5.51. The first-order valence-corrected chi connectivity index (χ1v) is 11.3. The van der Waals surface area contributed by atoms with Crippen molar-refractivity contribution in [1.82, 2.24) is 9.55 Å². The number of nitrogens with zero attached hydrogens (tertiary/aromatic N) is 5. The second-order valence-corrected chi connectivity index (χ2v) is 7.97. The number of rotatable bonds is 7. The van der Waals surface area contributed by atoms with Gasteiger partial charge in [-0.25, -0.2) is 9.78 Å². The van der Waals surface area contributed by atoms with E-state index in [9.17, 15) is 4.79 Å². The molecule has 1 heterocycles. The molecule has 1 aromatic heterocycles. The Hall–Kier alpha value is -5.11. The van der Waals surface area contributed by atoms with Gasteiger partial charge in [-0.15, -0.1) is 10.2 Å². The molecule has 0 fully saturated rings. The summed E-state index contributed by atoms with van der Waals surface area (Å²) in [7, 11) is 0. The van der Waals surface area contributed by atoms with E-state index in [1.807, 2.05) is 77.4 Å². The second kappa shape index (κ2) is 10.4. The van der Waals surface area contributed by atoms with Crippen LogP contribution in [0.2, 0.25) is 0 Å². The van der Waals surface area contributed by atoms with Crippen molar-refractivity contribution in [3.63, 3.8) is 0 Å². The van der Waals surface area contributed by atoms with Crippen molar-refractivity contribution >= 4 is 34.5 Å². The molecule has 0 saturated heterocycles. The van der Waals surface area contributed by atoms with Crippen molar-refractivity contribution in [2.75, 3.05) is 5.43 Å². The van der Waals surface area contributed by atoms with Gasteiger partial charge in [-0.05, 0) is 42.0 Å². The Labute approximate surface area is 207 Å². The molecule has 0 aliphatic rings. The van der Waals surface area contributed by atoms with Crippen LogP contribution in [0.1, 0.15) is 21.5 Å². The molecule has 4 aromatic carbocycles. The summed E-state index contributed by atoms with van der Waals surface area (Å²) in [5.74, 6) is -0.159. The highest BCUT2D eigenvalue weighted by atomic mass is 16.4. The van der Waals surface area contributed by atoms with Crippen LogP contribution in [-0.4, -0.2) is 26.5 Å². The molecule has 0 aliphatic heterocycles. The number of hydrazone groups is 1. The quantitative estimate of drug-likeness (QED) is 0.124. The zero-order chi connectivity index (χ0) is 24.7. The molecule has 0 aliphatic carbocycles. The molecule has 8 nitrogen and oxygen atoms in total. The smallest absolute Gasteiger partial charge is 0.335 e. The second-order valence-electron chi connectivity index (χ2n) is 7.97. The first-order valence-electron chi connectivity index (χ1n) is 11.3. The minimum Gasteiger partial charge on any atom is -0.478 e. The minimum absolute atomic E-state index is 0.199. The lowest BCUT2D eigenvalue weighted by Crippen LogP contribution is -2.02. The average molecular weight is 475 g/mol. The predicted molar refractivity (Wildman–Crippen MR) is 140 cm³/mol. The number of nitrogens with one attached hydrogen (secondary N) is 1. The molecule has 0 atom stereocenters. The van der Waals surface area contributed by atoms with E-state index >= 15 is 0 Å². The summed E-state index contributed by atoms with van der Waals surface area (Å²) in [5.41, 5.74) is 7.45. The fourth-order valence-corrected chi connectivity index (χ4v) is 3.69. The van der Waals surface area contributed by atoms with Gasteiger partial charge < -0.3 is 9.67 Å². The molecular formula is C28H22N6O2. The van der Waals surface area contributed by atoms with Gasteiger partial charge in [0.15, 0.2) is 0 Å². The van der Waals surface area contributed by atoms with Crippen molar-refractivity contribution in [2.45, 2.75) is 6.54 Å². The lowest BCUT2D eigenvalue weighted by atomic mass is 10.2. The first kappa shape index (κ1) is 22.7. The van der Waals surface area contributed by atoms with Crippen molar-refractivity contribution < 1.29 is 9.90 Å². The van der Waals surface area contributed by atoms with Crippen LogP contribution in [0.3, 0.4) is 0 Å². The molecule has 5 rings (SSSR count). The normalized spacial score (nSPS) is 11.7.